The molecule has 0 radical (unpaired) electrons. The molecule has 3 heteroatoms. The third-order valence-corrected chi connectivity index (χ3v) is 3.55. The SMILES string of the molecule is O=C/C=C/CCCCCCCOc1ccc2ccccc2n1. The van der Waals surface area contributed by atoms with Crippen LogP contribution in [0.4, 0.5) is 0 Å². The lowest BCUT2D eigenvalue weighted by Crippen LogP contribution is -1.99. The van der Waals surface area contributed by atoms with Crippen LogP contribution in [0.25, 0.3) is 10.9 Å². The topological polar surface area (TPSA) is 39.2 Å². The van der Waals surface area contributed by atoms with Crippen LogP contribution in [0, 0.1) is 0 Å². The molecule has 0 bridgehead atoms. The maximum Gasteiger partial charge on any atom is 0.213 e. The summed E-state index contributed by atoms with van der Waals surface area (Å²) >= 11 is 0. The first-order valence-corrected chi connectivity index (χ1v) is 7.99. The standard InChI is InChI=1S/C19H23NO2/c21-15-9-5-3-1-2-4-6-10-16-22-19-14-13-17-11-7-8-12-18(17)20-19/h5,7-9,11-15H,1-4,6,10,16H2/b9-5+. The van der Waals surface area contributed by atoms with Gasteiger partial charge >= 0.3 is 0 Å². The van der Waals surface area contributed by atoms with Crippen molar-refractivity contribution in [3.8, 4) is 5.88 Å². The number of unbranched alkanes of at least 4 members (excludes halogenated alkanes) is 5. The van der Waals surface area contributed by atoms with Gasteiger partial charge in [-0.1, -0.05) is 43.5 Å². The molecular weight excluding hydrogens is 274 g/mol. The van der Waals surface area contributed by atoms with Gasteiger partial charge in [-0.25, -0.2) is 4.98 Å². The van der Waals surface area contributed by atoms with Gasteiger partial charge in [0, 0.05) is 11.5 Å². The van der Waals surface area contributed by atoms with E-state index in [1.165, 1.54) is 19.3 Å². The lowest BCUT2D eigenvalue weighted by atomic mass is 10.1. The molecule has 22 heavy (non-hydrogen) atoms. The molecule has 0 aliphatic heterocycles. The van der Waals surface area contributed by atoms with Crippen molar-refractivity contribution >= 4 is 17.2 Å². The molecular formula is C19H23NO2. The first-order chi connectivity index (χ1) is 10.9. The van der Waals surface area contributed by atoms with E-state index >= 15 is 0 Å². The number of para-hydroxylation sites is 1. The Morgan fingerprint density at radius 3 is 2.68 bits per heavy atom. The Morgan fingerprint density at radius 1 is 0.955 bits per heavy atom. The first kappa shape index (κ1) is 16.2. The zero-order valence-electron chi connectivity index (χ0n) is 12.9. The molecule has 2 aromatic rings. The summed E-state index contributed by atoms with van der Waals surface area (Å²) < 4.78 is 5.71. The highest BCUT2D eigenvalue weighted by molar-refractivity contribution is 5.78. The minimum absolute atomic E-state index is 0.706. The Hall–Kier alpha value is -2.16. The zero-order valence-corrected chi connectivity index (χ0v) is 12.9. The maximum absolute atomic E-state index is 10.1. The van der Waals surface area contributed by atoms with Gasteiger partial charge in [0.25, 0.3) is 0 Å². The maximum atomic E-state index is 10.1. The summed E-state index contributed by atoms with van der Waals surface area (Å²) in [7, 11) is 0. The molecule has 0 saturated heterocycles. The predicted molar refractivity (Wildman–Crippen MR) is 90.1 cm³/mol. The second-order valence-electron chi connectivity index (χ2n) is 5.31. The molecule has 2 rings (SSSR count). The highest BCUT2D eigenvalue weighted by Crippen LogP contribution is 2.16. The number of allylic oxidation sites excluding steroid dienone is 2. The monoisotopic (exact) mass is 297 g/mol. The fourth-order valence-corrected chi connectivity index (χ4v) is 2.35. The lowest BCUT2D eigenvalue weighted by molar-refractivity contribution is -0.104. The minimum atomic E-state index is 0.706. The smallest absolute Gasteiger partial charge is 0.213 e. The van der Waals surface area contributed by atoms with E-state index in [4.69, 9.17) is 4.74 Å². The van der Waals surface area contributed by atoms with Crippen LogP contribution in [0.5, 0.6) is 5.88 Å². The summed E-state index contributed by atoms with van der Waals surface area (Å²) in [5, 5.41) is 1.14. The molecule has 0 fully saturated rings. The lowest BCUT2D eigenvalue weighted by Gasteiger charge is -2.06. The normalized spacial score (nSPS) is 11.1. The van der Waals surface area contributed by atoms with Crippen LogP contribution in [0.15, 0.2) is 48.6 Å². The highest BCUT2D eigenvalue weighted by Gasteiger charge is 1.98. The van der Waals surface area contributed by atoms with E-state index < -0.39 is 0 Å². The van der Waals surface area contributed by atoms with Crippen LogP contribution in [-0.2, 0) is 4.79 Å². The van der Waals surface area contributed by atoms with Crippen LogP contribution in [-0.4, -0.2) is 17.9 Å². The number of aromatic nitrogens is 1. The minimum Gasteiger partial charge on any atom is -0.478 e. The van der Waals surface area contributed by atoms with E-state index in [9.17, 15) is 4.79 Å². The third kappa shape index (κ3) is 5.68. The molecule has 0 unspecified atom stereocenters. The third-order valence-electron chi connectivity index (χ3n) is 3.55. The van der Waals surface area contributed by atoms with E-state index in [1.807, 2.05) is 36.4 Å². The summed E-state index contributed by atoms with van der Waals surface area (Å²) in [6.07, 6.45) is 11.1. The number of ether oxygens (including phenoxy) is 1. The van der Waals surface area contributed by atoms with Crippen molar-refractivity contribution in [3.63, 3.8) is 0 Å². The molecule has 0 saturated carbocycles. The molecule has 0 amide bonds. The molecule has 1 aromatic heterocycles. The summed E-state index contributed by atoms with van der Waals surface area (Å²) in [5.74, 6) is 0.706. The van der Waals surface area contributed by atoms with Gasteiger partial charge in [0.1, 0.15) is 6.29 Å². The number of carbonyl (C=O) groups excluding carboxylic acids is 1. The summed E-state index contributed by atoms with van der Waals surface area (Å²) in [5.41, 5.74) is 0.975. The predicted octanol–water partition coefficient (Wildman–Crippen LogP) is 4.71. The summed E-state index contributed by atoms with van der Waals surface area (Å²) in [4.78, 5) is 14.6. The van der Waals surface area contributed by atoms with E-state index in [0.29, 0.717) is 5.88 Å². The Labute approximate surface area is 132 Å². The fraction of sp³-hybridized carbons (Fsp3) is 0.368. The average Bonchev–Trinajstić information content (AvgIpc) is 2.56. The number of benzene rings is 1. The largest absolute Gasteiger partial charge is 0.478 e. The first-order valence-electron chi connectivity index (χ1n) is 7.99. The zero-order chi connectivity index (χ0) is 15.5. The Kier molecular flexibility index (Phi) is 7.16. The molecule has 0 atom stereocenters. The number of aldehydes is 1. The van der Waals surface area contributed by atoms with Crippen molar-refractivity contribution in [3.05, 3.63) is 48.6 Å². The number of hydrogen-bond donors (Lipinski definition) is 0. The van der Waals surface area contributed by atoms with E-state index in [-0.39, 0.29) is 0 Å². The number of nitrogens with zero attached hydrogens (tertiary/aromatic N) is 1. The molecule has 0 aliphatic rings. The Balaban J connectivity index is 1.58. The van der Waals surface area contributed by atoms with E-state index in [1.54, 1.807) is 6.08 Å². The summed E-state index contributed by atoms with van der Waals surface area (Å²) in [6, 6.07) is 12.0. The molecule has 1 heterocycles. The van der Waals surface area contributed by atoms with Gasteiger partial charge in [-0.05, 0) is 37.5 Å². The van der Waals surface area contributed by atoms with Gasteiger partial charge < -0.3 is 4.74 Å². The quantitative estimate of drug-likeness (QED) is 0.362. The van der Waals surface area contributed by atoms with Gasteiger partial charge in [-0.15, -0.1) is 0 Å². The average molecular weight is 297 g/mol. The fourth-order valence-electron chi connectivity index (χ4n) is 2.35. The summed E-state index contributed by atoms with van der Waals surface area (Å²) in [6.45, 7) is 0.719. The second kappa shape index (κ2) is 9.72. The van der Waals surface area contributed by atoms with Crippen LogP contribution in [0.1, 0.15) is 38.5 Å². The van der Waals surface area contributed by atoms with Crippen LogP contribution < -0.4 is 4.74 Å². The molecule has 3 nitrogen and oxygen atoms in total. The Bertz CT molecular complexity index is 607. The van der Waals surface area contributed by atoms with Crippen molar-refractivity contribution in [2.45, 2.75) is 38.5 Å². The van der Waals surface area contributed by atoms with Gasteiger partial charge in [0.15, 0.2) is 0 Å². The van der Waals surface area contributed by atoms with Gasteiger partial charge in [-0.3, -0.25) is 4.79 Å². The molecule has 1 aromatic carbocycles. The number of fused-ring (bicyclic) bond motifs is 1. The van der Waals surface area contributed by atoms with Crippen molar-refractivity contribution in [1.82, 2.24) is 4.98 Å². The van der Waals surface area contributed by atoms with Crippen molar-refractivity contribution in [2.75, 3.05) is 6.61 Å². The Morgan fingerprint density at radius 2 is 1.77 bits per heavy atom. The van der Waals surface area contributed by atoms with Gasteiger partial charge in [0.05, 0.1) is 12.1 Å². The van der Waals surface area contributed by atoms with Crippen molar-refractivity contribution < 1.29 is 9.53 Å². The van der Waals surface area contributed by atoms with Crippen molar-refractivity contribution in [2.24, 2.45) is 0 Å². The molecule has 0 aliphatic carbocycles. The van der Waals surface area contributed by atoms with Crippen LogP contribution in [0.3, 0.4) is 0 Å². The molecule has 0 spiro atoms. The number of hydrogen-bond acceptors (Lipinski definition) is 3. The van der Waals surface area contributed by atoms with Crippen LogP contribution in [0.2, 0.25) is 0 Å². The number of carbonyl (C=O) groups is 1. The van der Waals surface area contributed by atoms with Crippen molar-refractivity contribution in [1.29, 1.82) is 0 Å². The highest BCUT2D eigenvalue weighted by atomic mass is 16.5. The number of pyridine rings is 1. The van der Waals surface area contributed by atoms with E-state index in [2.05, 4.69) is 11.1 Å². The van der Waals surface area contributed by atoms with E-state index in [0.717, 1.165) is 43.1 Å². The second-order valence-corrected chi connectivity index (χ2v) is 5.31. The number of rotatable bonds is 10. The van der Waals surface area contributed by atoms with Gasteiger partial charge in [-0.2, -0.15) is 0 Å². The molecule has 0 N–H and O–H groups in total. The molecule has 116 valence electrons. The van der Waals surface area contributed by atoms with Crippen LogP contribution >= 0.6 is 0 Å². The van der Waals surface area contributed by atoms with Gasteiger partial charge in [0.2, 0.25) is 5.88 Å².